The lowest BCUT2D eigenvalue weighted by Gasteiger charge is -2.26. The number of pyridine rings is 2. The number of anilines is 4. The summed E-state index contributed by atoms with van der Waals surface area (Å²) in [6.07, 6.45) is 11.2. The minimum atomic E-state index is -0.374. The molecule has 4 heterocycles. The number of nitrogens with one attached hydrogen (secondary N) is 2. The molecule has 0 atom stereocenters. The standard InChI is InChI=1S/C23H26N8O/c1-3-30(28-15-5-6-16-28)21-19(11-9-13-24-21)26-23(32)27-20-12-10-14-25-22(20)31(4-2)29-17-7-8-18-29/h5-18H,3-4H2,1-2H3,(H2,26,27,32). The minimum absolute atomic E-state index is 0.374. The Kier molecular flexibility index (Phi) is 6.35. The third kappa shape index (κ3) is 4.41. The zero-order chi connectivity index (χ0) is 22.3. The Hall–Kier alpha value is -4.27. The molecule has 0 aliphatic rings. The quantitative estimate of drug-likeness (QED) is 0.435. The van der Waals surface area contributed by atoms with Crippen molar-refractivity contribution >= 4 is 29.0 Å². The van der Waals surface area contributed by atoms with Crippen molar-refractivity contribution in [2.45, 2.75) is 13.8 Å². The average molecular weight is 431 g/mol. The number of rotatable bonds is 8. The molecule has 4 aromatic heterocycles. The topological polar surface area (TPSA) is 83.2 Å². The van der Waals surface area contributed by atoms with Crippen LogP contribution in [0, 0.1) is 0 Å². The highest BCUT2D eigenvalue weighted by atomic mass is 16.2. The number of carbonyl (C=O) groups is 1. The van der Waals surface area contributed by atoms with Crippen LogP contribution in [0.5, 0.6) is 0 Å². The third-order valence-corrected chi connectivity index (χ3v) is 4.89. The number of hydrogen-bond donors (Lipinski definition) is 2. The van der Waals surface area contributed by atoms with Crippen LogP contribution in [0.2, 0.25) is 0 Å². The van der Waals surface area contributed by atoms with Crippen molar-refractivity contribution in [1.82, 2.24) is 19.3 Å². The van der Waals surface area contributed by atoms with Gasteiger partial charge in [0.05, 0.1) is 11.4 Å². The number of urea groups is 1. The number of aromatic nitrogens is 4. The first-order chi connectivity index (χ1) is 15.7. The van der Waals surface area contributed by atoms with E-state index in [1.807, 2.05) is 94.4 Å². The Balaban J connectivity index is 1.56. The second-order valence-corrected chi connectivity index (χ2v) is 6.89. The van der Waals surface area contributed by atoms with Gasteiger partial charge >= 0.3 is 6.03 Å². The van der Waals surface area contributed by atoms with Crippen LogP contribution >= 0.6 is 0 Å². The second-order valence-electron chi connectivity index (χ2n) is 6.89. The molecule has 0 unspecified atom stereocenters. The van der Waals surface area contributed by atoms with Gasteiger partial charge in [-0.1, -0.05) is 0 Å². The van der Waals surface area contributed by atoms with Crippen molar-refractivity contribution in [3.63, 3.8) is 0 Å². The Morgan fingerprint density at radius 1 is 0.750 bits per heavy atom. The molecular weight excluding hydrogens is 404 g/mol. The Morgan fingerprint density at radius 2 is 1.16 bits per heavy atom. The molecule has 0 spiro atoms. The molecule has 0 saturated carbocycles. The SMILES string of the molecule is CCN(c1ncccc1NC(=O)Nc1cccnc1N(CC)n1cccc1)n1cccc1. The van der Waals surface area contributed by atoms with E-state index in [9.17, 15) is 4.79 Å². The van der Waals surface area contributed by atoms with Gasteiger partial charge in [0.25, 0.3) is 0 Å². The van der Waals surface area contributed by atoms with E-state index in [1.165, 1.54) is 0 Å². The molecule has 2 N–H and O–H groups in total. The third-order valence-electron chi connectivity index (χ3n) is 4.89. The van der Waals surface area contributed by atoms with Crippen LogP contribution in [0.15, 0.2) is 85.7 Å². The van der Waals surface area contributed by atoms with E-state index in [0.29, 0.717) is 36.1 Å². The summed E-state index contributed by atoms with van der Waals surface area (Å²) in [6, 6.07) is 14.7. The van der Waals surface area contributed by atoms with E-state index in [4.69, 9.17) is 0 Å². The summed E-state index contributed by atoms with van der Waals surface area (Å²) < 4.78 is 3.86. The highest BCUT2D eigenvalue weighted by Gasteiger charge is 2.17. The first kappa shape index (κ1) is 21.0. The molecule has 2 amide bonds. The fraction of sp³-hybridized carbons (Fsp3) is 0.174. The summed E-state index contributed by atoms with van der Waals surface area (Å²) in [6.45, 7) is 5.41. The van der Waals surface area contributed by atoms with Gasteiger partial charge < -0.3 is 10.6 Å². The summed E-state index contributed by atoms with van der Waals surface area (Å²) in [5.41, 5.74) is 1.20. The molecule has 9 heteroatoms. The van der Waals surface area contributed by atoms with Crippen molar-refractivity contribution < 1.29 is 4.79 Å². The van der Waals surface area contributed by atoms with Gasteiger partial charge in [0.2, 0.25) is 0 Å². The van der Waals surface area contributed by atoms with E-state index >= 15 is 0 Å². The highest BCUT2D eigenvalue weighted by Crippen LogP contribution is 2.26. The number of carbonyl (C=O) groups excluding carboxylic acids is 1. The molecule has 0 saturated heterocycles. The summed E-state index contributed by atoms with van der Waals surface area (Å²) in [4.78, 5) is 21.9. The Morgan fingerprint density at radius 3 is 1.53 bits per heavy atom. The molecule has 0 bridgehead atoms. The predicted octanol–water partition coefficient (Wildman–Crippen LogP) is 4.30. The van der Waals surface area contributed by atoms with Crippen LogP contribution in [0.4, 0.5) is 27.8 Å². The van der Waals surface area contributed by atoms with Crippen molar-refractivity contribution in [3.8, 4) is 0 Å². The first-order valence-electron chi connectivity index (χ1n) is 10.5. The van der Waals surface area contributed by atoms with Gasteiger partial charge in [0.1, 0.15) is 0 Å². The van der Waals surface area contributed by atoms with Crippen LogP contribution < -0.4 is 20.7 Å². The van der Waals surface area contributed by atoms with Gasteiger partial charge in [0.15, 0.2) is 11.6 Å². The van der Waals surface area contributed by atoms with Crippen LogP contribution in [-0.4, -0.2) is 38.4 Å². The summed E-state index contributed by atoms with van der Waals surface area (Å²) >= 11 is 0. The van der Waals surface area contributed by atoms with Crippen LogP contribution in [0.1, 0.15) is 13.8 Å². The van der Waals surface area contributed by atoms with Crippen LogP contribution in [0.25, 0.3) is 0 Å². The molecule has 9 nitrogen and oxygen atoms in total. The highest BCUT2D eigenvalue weighted by molar-refractivity contribution is 6.02. The maximum absolute atomic E-state index is 13.0. The maximum Gasteiger partial charge on any atom is 0.323 e. The lowest BCUT2D eigenvalue weighted by atomic mass is 10.3. The van der Waals surface area contributed by atoms with E-state index in [0.717, 1.165) is 0 Å². The number of amides is 2. The molecule has 4 aromatic rings. The normalized spacial score (nSPS) is 10.6. The first-order valence-corrected chi connectivity index (χ1v) is 10.5. The zero-order valence-electron chi connectivity index (χ0n) is 18.1. The van der Waals surface area contributed by atoms with Gasteiger partial charge in [-0.15, -0.1) is 0 Å². The molecule has 164 valence electrons. The molecule has 0 aliphatic heterocycles. The van der Waals surface area contributed by atoms with Crippen molar-refractivity contribution in [2.75, 3.05) is 33.7 Å². The molecule has 0 fully saturated rings. The van der Waals surface area contributed by atoms with E-state index in [2.05, 4.69) is 20.6 Å². The summed E-state index contributed by atoms with van der Waals surface area (Å²) in [7, 11) is 0. The van der Waals surface area contributed by atoms with Crippen LogP contribution in [0.3, 0.4) is 0 Å². The molecule has 0 aromatic carbocycles. The fourth-order valence-corrected chi connectivity index (χ4v) is 3.49. The van der Waals surface area contributed by atoms with Crippen molar-refractivity contribution in [1.29, 1.82) is 0 Å². The lowest BCUT2D eigenvalue weighted by molar-refractivity contribution is 0.262. The van der Waals surface area contributed by atoms with Crippen molar-refractivity contribution in [2.24, 2.45) is 0 Å². The van der Waals surface area contributed by atoms with Gasteiger partial charge in [0, 0.05) is 50.3 Å². The molecule has 0 radical (unpaired) electrons. The number of nitrogens with zero attached hydrogens (tertiary/aromatic N) is 6. The summed E-state index contributed by atoms with van der Waals surface area (Å²) in [5.74, 6) is 1.30. The van der Waals surface area contributed by atoms with E-state index in [-0.39, 0.29) is 6.03 Å². The average Bonchev–Trinajstić information content (AvgIpc) is 3.52. The minimum Gasteiger partial charge on any atom is -0.304 e. The van der Waals surface area contributed by atoms with E-state index < -0.39 is 0 Å². The fourth-order valence-electron chi connectivity index (χ4n) is 3.49. The van der Waals surface area contributed by atoms with Gasteiger partial charge in [-0.05, 0) is 62.4 Å². The smallest absolute Gasteiger partial charge is 0.304 e. The molecular formula is C23H26N8O. The molecule has 4 rings (SSSR count). The van der Waals surface area contributed by atoms with Crippen LogP contribution in [-0.2, 0) is 0 Å². The maximum atomic E-state index is 13.0. The Labute approximate surface area is 186 Å². The number of hydrogen-bond acceptors (Lipinski definition) is 5. The lowest BCUT2D eigenvalue weighted by Crippen LogP contribution is -2.32. The second kappa shape index (κ2) is 9.69. The van der Waals surface area contributed by atoms with Crippen molar-refractivity contribution in [3.05, 3.63) is 85.7 Å². The zero-order valence-corrected chi connectivity index (χ0v) is 18.1. The largest absolute Gasteiger partial charge is 0.323 e. The predicted molar refractivity (Wildman–Crippen MR) is 127 cm³/mol. The Bertz CT molecular complexity index is 1050. The van der Waals surface area contributed by atoms with Gasteiger partial charge in [-0.2, -0.15) is 0 Å². The summed E-state index contributed by atoms with van der Waals surface area (Å²) in [5, 5.41) is 9.80. The molecule has 32 heavy (non-hydrogen) atoms. The van der Waals surface area contributed by atoms with Gasteiger partial charge in [-0.3, -0.25) is 19.4 Å². The monoisotopic (exact) mass is 430 g/mol. The van der Waals surface area contributed by atoms with Gasteiger partial charge in [-0.25, -0.2) is 14.8 Å². The molecule has 0 aliphatic carbocycles. The van der Waals surface area contributed by atoms with E-state index in [1.54, 1.807) is 24.5 Å².